The number of phenolic OH excluding ortho intramolecular Hbond substituents is 1. The average Bonchev–Trinajstić information content (AvgIpc) is 2.61. The minimum absolute atomic E-state index is 0.00191. The Morgan fingerprint density at radius 1 is 0.939 bits per heavy atom. The summed E-state index contributed by atoms with van der Waals surface area (Å²) in [5.74, 6) is 0.0661. The van der Waals surface area contributed by atoms with Gasteiger partial charge >= 0.3 is 0 Å². The van der Waals surface area contributed by atoms with Crippen LogP contribution in [-0.2, 0) is 10.1 Å². The molecule has 6 nitrogen and oxygen atoms in total. The minimum Gasteiger partial charge on any atom is -0.504 e. The third-order valence-corrected chi connectivity index (χ3v) is 7.96. The zero-order valence-corrected chi connectivity index (χ0v) is 23.5. The van der Waals surface area contributed by atoms with Crippen LogP contribution in [0.5, 0.6) is 17.2 Å². The molecular weight excluding hydrogens is 440 g/mol. The molecule has 0 aliphatic heterocycles. The Kier molecular flexibility index (Phi) is 8.98. The van der Waals surface area contributed by atoms with E-state index in [0.29, 0.717) is 11.5 Å². The standard InChI is InChI=1S/C26H46O6S/c1-13-24(5,6)15-26(9,10)23(25(7,8)14-16(2)3)18-20(31-11)19(27)17(4)22(21(18)32-12)33(28,29)30/h16,23,27H,13-15H2,1-12H3,(H,28,29,30). The third-order valence-electron chi connectivity index (χ3n) is 6.95. The zero-order valence-electron chi connectivity index (χ0n) is 22.7. The summed E-state index contributed by atoms with van der Waals surface area (Å²) < 4.78 is 46.3. The average molecular weight is 487 g/mol. The van der Waals surface area contributed by atoms with Crippen molar-refractivity contribution in [1.82, 2.24) is 0 Å². The second kappa shape index (κ2) is 10.0. The normalized spacial score (nSPS) is 14.5. The number of phenols is 1. The quantitative estimate of drug-likeness (QED) is 0.328. The molecule has 0 radical (unpaired) electrons. The summed E-state index contributed by atoms with van der Waals surface area (Å²) in [4.78, 5) is -0.408. The third kappa shape index (κ3) is 6.36. The van der Waals surface area contributed by atoms with Crippen LogP contribution in [-0.4, -0.2) is 32.3 Å². The molecule has 0 heterocycles. The summed E-state index contributed by atoms with van der Waals surface area (Å²) in [5.41, 5.74) is -0.133. The first-order valence-electron chi connectivity index (χ1n) is 11.7. The van der Waals surface area contributed by atoms with Gasteiger partial charge in [-0.15, -0.1) is 0 Å². The maximum absolute atomic E-state index is 12.4. The molecule has 1 aromatic carbocycles. The fourth-order valence-electron chi connectivity index (χ4n) is 6.25. The Bertz CT molecular complexity index is 942. The van der Waals surface area contributed by atoms with Crippen molar-refractivity contribution in [2.45, 2.75) is 99.3 Å². The first kappa shape index (κ1) is 29.6. The number of aromatic hydroxyl groups is 1. The van der Waals surface area contributed by atoms with Gasteiger partial charge in [-0.2, -0.15) is 8.42 Å². The van der Waals surface area contributed by atoms with Crippen molar-refractivity contribution < 1.29 is 27.6 Å². The van der Waals surface area contributed by atoms with Crippen LogP contribution >= 0.6 is 0 Å². The lowest BCUT2D eigenvalue weighted by Gasteiger charge is -2.49. The highest BCUT2D eigenvalue weighted by molar-refractivity contribution is 7.86. The second-order valence-electron chi connectivity index (χ2n) is 12.0. The van der Waals surface area contributed by atoms with E-state index in [9.17, 15) is 18.1 Å². The molecule has 0 fully saturated rings. The Morgan fingerprint density at radius 3 is 1.79 bits per heavy atom. The van der Waals surface area contributed by atoms with Crippen molar-refractivity contribution in [3.63, 3.8) is 0 Å². The molecule has 1 aromatic rings. The Morgan fingerprint density at radius 2 is 1.42 bits per heavy atom. The van der Waals surface area contributed by atoms with Crippen LogP contribution in [0.3, 0.4) is 0 Å². The number of hydrogen-bond donors (Lipinski definition) is 2. The molecule has 0 aliphatic carbocycles. The first-order valence-corrected chi connectivity index (χ1v) is 13.2. The van der Waals surface area contributed by atoms with E-state index in [1.54, 1.807) is 0 Å². The van der Waals surface area contributed by atoms with Crippen LogP contribution in [0.25, 0.3) is 0 Å². The summed E-state index contributed by atoms with van der Waals surface area (Å²) >= 11 is 0. The monoisotopic (exact) mass is 486 g/mol. The van der Waals surface area contributed by atoms with E-state index < -0.39 is 15.0 Å². The summed E-state index contributed by atoms with van der Waals surface area (Å²) in [6, 6.07) is 0. The summed E-state index contributed by atoms with van der Waals surface area (Å²) in [6.07, 6.45) is 2.69. The number of hydrogen-bond acceptors (Lipinski definition) is 5. The first-order chi connectivity index (χ1) is 14.8. The molecule has 192 valence electrons. The van der Waals surface area contributed by atoms with E-state index in [1.807, 2.05) is 0 Å². The van der Waals surface area contributed by atoms with Gasteiger partial charge in [0.2, 0.25) is 0 Å². The van der Waals surface area contributed by atoms with Gasteiger partial charge in [0, 0.05) is 17.0 Å². The van der Waals surface area contributed by atoms with Crippen molar-refractivity contribution >= 4 is 10.1 Å². The fourth-order valence-corrected chi connectivity index (χ4v) is 7.16. The largest absolute Gasteiger partial charge is 0.504 e. The van der Waals surface area contributed by atoms with Crippen molar-refractivity contribution in [2.24, 2.45) is 22.2 Å². The number of methoxy groups -OCH3 is 2. The molecule has 1 atom stereocenters. The molecule has 1 unspecified atom stereocenters. The molecule has 2 N–H and O–H groups in total. The molecule has 0 saturated heterocycles. The second-order valence-corrected chi connectivity index (χ2v) is 13.3. The molecule has 0 saturated carbocycles. The molecule has 0 bridgehead atoms. The summed E-state index contributed by atoms with van der Waals surface area (Å²) in [5, 5.41) is 11.0. The SMILES string of the molecule is CCC(C)(C)CC(C)(C)C(c1c(OC)c(O)c(C)c(S(=O)(=O)O)c1OC)C(C)(C)CC(C)C. The van der Waals surface area contributed by atoms with Crippen LogP contribution in [0.2, 0.25) is 0 Å². The molecule has 7 heteroatoms. The maximum atomic E-state index is 12.4. The van der Waals surface area contributed by atoms with E-state index in [2.05, 4.69) is 62.3 Å². The highest BCUT2D eigenvalue weighted by Crippen LogP contribution is 2.61. The van der Waals surface area contributed by atoms with Gasteiger partial charge in [0.25, 0.3) is 10.1 Å². The maximum Gasteiger partial charge on any atom is 0.298 e. The molecule has 33 heavy (non-hydrogen) atoms. The van der Waals surface area contributed by atoms with Gasteiger partial charge in [-0.3, -0.25) is 4.55 Å². The number of benzene rings is 1. The van der Waals surface area contributed by atoms with Gasteiger partial charge in [-0.1, -0.05) is 68.7 Å². The predicted octanol–water partition coefficient (Wildman–Crippen LogP) is 6.97. The molecule has 1 rings (SSSR count). The predicted molar refractivity (Wildman–Crippen MR) is 134 cm³/mol. The van der Waals surface area contributed by atoms with Gasteiger partial charge in [-0.25, -0.2) is 0 Å². The highest BCUT2D eigenvalue weighted by atomic mass is 32.2. The molecule has 0 aromatic heterocycles. The van der Waals surface area contributed by atoms with Crippen molar-refractivity contribution in [2.75, 3.05) is 14.2 Å². The lowest BCUT2D eigenvalue weighted by atomic mass is 9.55. The lowest BCUT2D eigenvalue weighted by Crippen LogP contribution is -2.38. The molecule has 0 spiro atoms. The lowest BCUT2D eigenvalue weighted by molar-refractivity contribution is 0.0684. The topological polar surface area (TPSA) is 93.1 Å². The van der Waals surface area contributed by atoms with E-state index in [0.717, 1.165) is 19.3 Å². The van der Waals surface area contributed by atoms with Crippen molar-refractivity contribution in [3.05, 3.63) is 11.1 Å². The van der Waals surface area contributed by atoms with Gasteiger partial charge in [0.15, 0.2) is 11.5 Å². The number of rotatable bonds is 11. The Hall–Kier alpha value is -1.47. The zero-order chi connectivity index (χ0) is 26.2. The molecular formula is C26H46O6S. The van der Waals surface area contributed by atoms with Crippen LogP contribution in [0, 0.1) is 29.1 Å². The number of ether oxygens (including phenoxy) is 2. The molecule has 0 amide bonds. The van der Waals surface area contributed by atoms with Crippen LogP contribution in [0.4, 0.5) is 0 Å². The summed E-state index contributed by atoms with van der Waals surface area (Å²) in [7, 11) is -1.83. The Balaban J connectivity index is 4.25. The van der Waals surface area contributed by atoms with Crippen LogP contribution in [0.15, 0.2) is 4.90 Å². The minimum atomic E-state index is -4.67. The highest BCUT2D eigenvalue weighted by Gasteiger charge is 2.48. The van der Waals surface area contributed by atoms with Gasteiger partial charge < -0.3 is 14.6 Å². The van der Waals surface area contributed by atoms with Crippen molar-refractivity contribution in [3.8, 4) is 17.2 Å². The van der Waals surface area contributed by atoms with Gasteiger partial charge in [0.05, 0.1) is 14.2 Å². The van der Waals surface area contributed by atoms with E-state index >= 15 is 0 Å². The van der Waals surface area contributed by atoms with E-state index in [-0.39, 0.29) is 45.0 Å². The molecule has 0 aliphatic rings. The van der Waals surface area contributed by atoms with Crippen LogP contribution < -0.4 is 9.47 Å². The fraction of sp³-hybridized carbons (Fsp3) is 0.769. The van der Waals surface area contributed by atoms with Gasteiger partial charge in [0.1, 0.15) is 10.6 Å². The van der Waals surface area contributed by atoms with Crippen LogP contribution in [0.1, 0.15) is 98.6 Å². The van der Waals surface area contributed by atoms with Crippen molar-refractivity contribution in [1.29, 1.82) is 0 Å². The van der Waals surface area contributed by atoms with E-state index in [4.69, 9.17) is 9.47 Å². The Labute approximate surface area is 201 Å². The smallest absolute Gasteiger partial charge is 0.298 e. The summed E-state index contributed by atoms with van der Waals surface area (Å²) in [6.45, 7) is 21.1. The van der Waals surface area contributed by atoms with Gasteiger partial charge in [-0.05, 0) is 41.9 Å². The van der Waals surface area contributed by atoms with E-state index in [1.165, 1.54) is 21.1 Å².